The molecule has 2 aromatic rings. The number of ether oxygens (including phenoxy) is 1. The van der Waals surface area contributed by atoms with E-state index in [1.54, 1.807) is 7.11 Å². The molecule has 0 amide bonds. The number of pyridine rings is 1. The van der Waals surface area contributed by atoms with Crippen LogP contribution in [0.15, 0.2) is 47.7 Å². The quantitative estimate of drug-likeness (QED) is 0.304. The SMILES string of the molecule is CN=C(NCCc1ccncc1C)NCC(c1ccc(OC)cc1)N1CCCCC1.I. The van der Waals surface area contributed by atoms with E-state index < -0.39 is 0 Å². The van der Waals surface area contributed by atoms with Gasteiger partial charge in [0.1, 0.15) is 5.75 Å². The van der Waals surface area contributed by atoms with Crippen molar-refractivity contribution in [3.63, 3.8) is 0 Å². The van der Waals surface area contributed by atoms with Gasteiger partial charge in [0, 0.05) is 32.5 Å². The fraction of sp³-hybridized carbons (Fsp3) is 0.500. The van der Waals surface area contributed by atoms with Gasteiger partial charge in [0.25, 0.3) is 0 Å². The molecular formula is C24H36IN5O. The summed E-state index contributed by atoms with van der Waals surface area (Å²) in [6.07, 6.45) is 8.59. The summed E-state index contributed by atoms with van der Waals surface area (Å²) < 4.78 is 5.34. The second-order valence-corrected chi connectivity index (χ2v) is 7.82. The summed E-state index contributed by atoms with van der Waals surface area (Å²) in [4.78, 5) is 11.2. The van der Waals surface area contributed by atoms with Gasteiger partial charge in [0.05, 0.1) is 13.2 Å². The van der Waals surface area contributed by atoms with Crippen molar-refractivity contribution in [2.45, 2.75) is 38.6 Å². The van der Waals surface area contributed by atoms with Crippen molar-refractivity contribution >= 4 is 29.9 Å². The molecule has 3 rings (SSSR count). The van der Waals surface area contributed by atoms with Crippen LogP contribution >= 0.6 is 24.0 Å². The van der Waals surface area contributed by atoms with E-state index in [9.17, 15) is 0 Å². The number of nitrogens with one attached hydrogen (secondary N) is 2. The maximum absolute atomic E-state index is 5.34. The number of nitrogens with zero attached hydrogens (tertiary/aromatic N) is 3. The fourth-order valence-electron chi connectivity index (χ4n) is 4.03. The normalized spacial score (nSPS) is 15.6. The standard InChI is InChI=1S/C24H35N5O.HI/c1-19-17-26-13-11-20(19)12-14-27-24(25-2)28-18-23(29-15-5-4-6-16-29)21-7-9-22(30-3)10-8-21;/h7-11,13,17,23H,4-6,12,14-16,18H2,1-3H3,(H2,25,27,28);1H. The number of halogens is 1. The molecular weight excluding hydrogens is 501 g/mol. The second-order valence-electron chi connectivity index (χ2n) is 7.82. The molecule has 1 atom stereocenters. The van der Waals surface area contributed by atoms with E-state index >= 15 is 0 Å². The Bertz CT molecular complexity index is 806. The number of methoxy groups -OCH3 is 1. The highest BCUT2D eigenvalue weighted by Gasteiger charge is 2.22. The van der Waals surface area contributed by atoms with Crippen LogP contribution in [0.1, 0.15) is 42.0 Å². The summed E-state index contributed by atoms with van der Waals surface area (Å²) >= 11 is 0. The lowest BCUT2D eigenvalue weighted by Crippen LogP contribution is -2.44. The molecule has 1 aromatic heterocycles. The minimum absolute atomic E-state index is 0. The number of benzene rings is 1. The molecule has 1 aromatic carbocycles. The Morgan fingerprint density at radius 1 is 1.13 bits per heavy atom. The number of likely N-dealkylation sites (tertiary alicyclic amines) is 1. The molecule has 31 heavy (non-hydrogen) atoms. The van der Waals surface area contributed by atoms with Crippen molar-refractivity contribution in [2.24, 2.45) is 4.99 Å². The lowest BCUT2D eigenvalue weighted by molar-refractivity contribution is 0.164. The van der Waals surface area contributed by atoms with Crippen molar-refractivity contribution in [2.75, 3.05) is 40.3 Å². The number of aromatic nitrogens is 1. The first-order valence-electron chi connectivity index (χ1n) is 10.9. The number of hydrogen-bond donors (Lipinski definition) is 2. The molecule has 0 saturated carbocycles. The number of aliphatic imine (C=N–C) groups is 1. The summed E-state index contributed by atoms with van der Waals surface area (Å²) in [7, 11) is 3.54. The summed E-state index contributed by atoms with van der Waals surface area (Å²) in [5.74, 6) is 1.74. The van der Waals surface area contributed by atoms with Gasteiger partial charge < -0.3 is 15.4 Å². The van der Waals surface area contributed by atoms with Crippen LogP contribution in [0.25, 0.3) is 0 Å². The molecule has 1 fully saturated rings. The number of guanidine groups is 1. The van der Waals surface area contributed by atoms with E-state index in [2.05, 4.69) is 62.8 Å². The lowest BCUT2D eigenvalue weighted by Gasteiger charge is -2.35. The van der Waals surface area contributed by atoms with Crippen LogP contribution < -0.4 is 15.4 Å². The molecule has 1 saturated heterocycles. The highest BCUT2D eigenvalue weighted by atomic mass is 127. The third-order valence-electron chi connectivity index (χ3n) is 5.84. The first kappa shape index (κ1) is 25.4. The van der Waals surface area contributed by atoms with Crippen LogP contribution in [0.3, 0.4) is 0 Å². The van der Waals surface area contributed by atoms with Crippen LogP contribution in [0, 0.1) is 6.92 Å². The maximum atomic E-state index is 5.34. The fourth-order valence-corrected chi connectivity index (χ4v) is 4.03. The smallest absolute Gasteiger partial charge is 0.191 e. The van der Waals surface area contributed by atoms with Gasteiger partial charge in [-0.3, -0.25) is 14.9 Å². The maximum Gasteiger partial charge on any atom is 0.191 e. The largest absolute Gasteiger partial charge is 0.497 e. The summed E-state index contributed by atoms with van der Waals surface area (Å²) in [6, 6.07) is 10.9. The molecule has 1 aliphatic heterocycles. The van der Waals surface area contributed by atoms with Crippen LogP contribution in [-0.4, -0.2) is 56.2 Å². The molecule has 1 aliphatic rings. The van der Waals surface area contributed by atoms with E-state index in [1.165, 1.54) is 36.0 Å². The molecule has 0 bridgehead atoms. The topological polar surface area (TPSA) is 61.8 Å². The molecule has 170 valence electrons. The summed E-state index contributed by atoms with van der Waals surface area (Å²) in [6.45, 7) is 6.05. The average molecular weight is 537 g/mol. The lowest BCUT2D eigenvalue weighted by atomic mass is 10.0. The zero-order chi connectivity index (χ0) is 21.2. The van der Waals surface area contributed by atoms with E-state index in [-0.39, 0.29) is 24.0 Å². The first-order chi connectivity index (χ1) is 14.7. The van der Waals surface area contributed by atoms with E-state index in [0.717, 1.165) is 44.3 Å². The number of piperidine rings is 1. The van der Waals surface area contributed by atoms with Crippen LogP contribution in [0.4, 0.5) is 0 Å². The van der Waals surface area contributed by atoms with Gasteiger partial charge in [-0.15, -0.1) is 24.0 Å². The second kappa shape index (κ2) is 13.5. The van der Waals surface area contributed by atoms with Gasteiger partial charge in [-0.05, 0) is 74.2 Å². The molecule has 2 N–H and O–H groups in total. The molecule has 7 heteroatoms. The zero-order valence-corrected chi connectivity index (χ0v) is 21.3. The van der Waals surface area contributed by atoms with Crippen LogP contribution in [0.5, 0.6) is 5.75 Å². The minimum Gasteiger partial charge on any atom is -0.497 e. The first-order valence-corrected chi connectivity index (χ1v) is 10.9. The van der Waals surface area contributed by atoms with Crippen LogP contribution in [-0.2, 0) is 6.42 Å². The molecule has 0 radical (unpaired) electrons. The van der Waals surface area contributed by atoms with Crippen molar-refractivity contribution < 1.29 is 4.74 Å². The monoisotopic (exact) mass is 537 g/mol. The Hall–Kier alpha value is -1.87. The van der Waals surface area contributed by atoms with E-state index in [0.29, 0.717) is 6.04 Å². The number of hydrogen-bond acceptors (Lipinski definition) is 4. The minimum atomic E-state index is 0. The van der Waals surface area contributed by atoms with E-state index in [4.69, 9.17) is 4.74 Å². The third kappa shape index (κ3) is 7.64. The summed E-state index contributed by atoms with van der Waals surface area (Å²) in [5, 5.41) is 7.00. The Morgan fingerprint density at radius 3 is 2.52 bits per heavy atom. The van der Waals surface area contributed by atoms with Gasteiger partial charge in [0.2, 0.25) is 0 Å². The number of aryl methyl sites for hydroxylation is 1. The molecule has 2 heterocycles. The van der Waals surface area contributed by atoms with Crippen molar-refractivity contribution in [1.29, 1.82) is 0 Å². The van der Waals surface area contributed by atoms with Crippen molar-refractivity contribution in [3.8, 4) is 5.75 Å². The Balaban J connectivity index is 0.00000341. The number of rotatable bonds is 8. The van der Waals surface area contributed by atoms with Gasteiger partial charge >= 0.3 is 0 Å². The molecule has 0 aliphatic carbocycles. The van der Waals surface area contributed by atoms with E-state index in [1.807, 2.05) is 19.4 Å². The average Bonchev–Trinajstić information content (AvgIpc) is 2.80. The Kier molecular flexibility index (Phi) is 11.1. The predicted octanol–water partition coefficient (Wildman–Crippen LogP) is 3.95. The van der Waals surface area contributed by atoms with Gasteiger partial charge in [-0.1, -0.05) is 18.6 Å². The Morgan fingerprint density at radius 2 is 1.87 bits per heavy atom. The third-order valence-corrected chi connectivity index (χ3v) is 5.84. The summed E-state index contributed by atoms with van der Waals surface area (Å²) in [5.41, 5.74) is 3.86. The van der Waals surface area contributed by atoms with Crippen molar-refractivity contribution in [3.05, 3.63) is 59.4 Å². The molecule has 6 nitrogen and oxygen atoms in total. The zero-order valence-electron chi connectivity index (χ0n) is 18.9. The van der Waals surface area contributed by atoms with Gasteiger partial charge in [0.15, 0.2) is 5.96 Å². The van der Waals surface area contributed by atoms with Crippen molar-refractivity contribution in [1.82, 2.24) is 20.5 Å². The Labute approximate surface area is 203 Å². The van der Waals surface area contributed by atoms with Gasteiger partial charge in [-0.2, -0.15) is 0 Å². The molecule has 1 unspecified atom stereocenters. The predicted molar refractivity (Wildman–Crippen MR) is 139 cm³/mol. The highest BCUT2D eigenvalue weighted by Crippen LogP contribution is 2.25. The molecule has 0 spiro atoms. The van der Waals surface area contributed by atoms with Gasteiger partial charge in [-0.25, -0.2) is 0 Å². The van der Waals surface area contributed by atoms with Crippen LogP contribution in [0.2, 0.25) is 0 Å². The highest BCUT2D eigenvalue weighted by molar-refractivity contribution is 14.0.